The van der Waals surface area contributed by atoms with Crippen LogP contribution >= 0.6 is 0 Å². The van der Waals surface area contributed by atoms with Crippen LogP contribution in [0.2, 0.25) is 0 Å². The number of esters is 1. The molecule has 0 aromatic heterocycles. The Kier molecular flexibility index (Phi) is 3.09. The molecule has 1 aliphatic carbocycles. The van der Waals surface area contributed by atoms with Gasteiger partial charge in [-0.15, -0.1) is 0 Å². The summed E-state index contributed by atoms with van der Waals surface area (Å²) in [7, 11) is 1.40. The minimum atomic E-state index is -0.223. The average Bonchev–Trinajstić information content (AvgIpc) is 2.36. The third-order valence-electron chi connectivity index (χ3n) is 2.84. The molecule has 0 aromatic carbocycles. The molecular weight excluding hydrogens is 156 g/mol. The first-order valence-electron chi connectivity index (χ1n) is 4.40. The zero-order chi connectivity index (χ0) is 9.14. The number of carbonyl (C=O) groups is 1. The van der Waals surface area contributed by atoms with Crippen LogP contribution in [0.25, 0.3) is 0 Å². The van der Waals surface area contributed by atoms with Crippen molar-refractivity contribution in [2.24, 2.45) is 11.8 Å². The van der Waals surface area contributed by atoms with E-state index in [9.17, 15) is 9.90 Å². The van der Waals surface area contributed by atoms with Crippen molar-refractivity contribution in [1.29, 1.82) is 0 Å². The van der Waals surface area contributed by atoms with E-state index in [1.807, 2.05) is 6.92 Å². The summed E-state index contributed by atoms with van der Waals surface area (Å²) >= 11 is 0. The Labute approximate surface area is 72.7 Å². The molecule has 12 heavy (non-hydrogen) atoms. The molecule has 0 radical (unpaired) electrons. The molecule has 0 aromatic rings. The van der Waals surface area contributed by atoms with E-state index in [0.29, 0.717) is 12.3 Å². The summed E-state index contributed by atoms with van der Waals surface area (Å²) in [5.41, 5.74) is 0. The fourth-order valence-electron chi connectivity index (χ4n) is 1.81. The topological polar surface area (TPSA) is 46.5 Å². The minimum Gasteiger partial charge on any atom is -0.469 e. The van der Waals surface area contributed by atoms with Crippen LogP contribution in [-0.2, 0) is 9.53 Å². The molecule has 0 aliphatic heterocycles. The van der Waals surface area contributed by atoms with Gasteiger partial charge >= 0.3 is 5.97 Å². The maximum atomic E-state index is 10.9. The van der Waals surface area contributed by atoms with E-state index in [1.54, 1.807) is 0 Å². The van der Waals surface area contributed by atoms with Crippen LogP contribution in [0.5, 0.6) is 0 Å². The van der Waals surface area contributed by atoms with Gasteiger partial charge in [-0.3, -0.25) is 4.79 Å². The summed E-state index contributed by atoms with van der Waals surface area (Å²) in [6.45, 7) is 1.99. The van der Waals surface area contributed by atoms with Crippen LogP contribution in [0.15, 0.2) is 0 Å². The van der Waals surface area contributed by atoms with Crippen molar-refractivity contribution in [3.05, 3.63) is 0 Å². The lowest BCUT2D eigenvalue weighted by molar-refractivity contribution is -0.142. The maximum Gasteiger partial charge on any atom is 0.305 e. The Morgan fingerprint density at radius 3 is 2.67 bits per heavy atom. The molecule has 1 saturated carbocycles. The molecule has 3 heteroatoms. The summed E-state index contributed by atoms with van der Waals surface area (Å²) in [4.78, 5) is 10.9. The van der Waals surface area contributed by atoms with Crippen molar-refractivity contribution >= 4 is 5.97 Å². The third-order valence-corrected chi connectivity index (χ3v) is 2.84. The monoisotopic (exact) mass is 172 g/mol. The Bertz CT molecular complexity index is 167. The highest BCUT2D eigenvalue weighted by Gasteiger charge is 2.32. The predicted octanol–water partition coefficient (Wildman–Crippen LogP) is 0.956. The second kappa shape index (κ2) is 3.90. The fourth-order valence-corrected chi connectivity index (χ4v) is 1.81. The van der Waals surface area contributed by atoms with Gasteiger partial charge < -0.3 is 9.84 Å². The van der Waals surface area contributed by atoms with E-state index in [1.165, 1.54) is 7.11 Å². The van der Waals surface area contributed by atoms with Gasteiger partial charge in [-0.05, 0) is 24.7 Å². The van der Waals surface area contributed by atoms with Gasteiger partial charge in [0.25, 0.3) is 0 Å². The van der Waals surface area contributed by atoms with Gasteiger partial charge in [0.1, 0.15) is 0 Å². The van der Waals surface area contributed by atoms with E-state index in [-0.39, 0.29) is 18.0 Å². The Morgan fingerprint density at radius 2 is 2.25 bits per heavy atom. The molecule has 1 rings (SSSR count). The highest BCUT2D eigenvalue weighted by molar-refractivity contribution is 5.69. The molecule has 0 amide bonds. The third kappa shape index (κ3) is 1.97. The van der Waals surface area contributed by atoms with E-state index in [4.69, 9.17) is 0 Å². The van der Waals surface area contributed by atoms with Gasteiger partial charge in [0.05, 0.1) is 13.2 Å². The van der Waals surface area contributed by atoms with Crippen molar-refractivity contribution in [2.45, 2.75) is 32.3 Å². The summed E-state index contributed by atoms with van der Waals surface area (Å²) in [5, 5.41) is 9.40. The lowest BCUT2D eigenvalue weighted by Gasteiger charge is -2.15. The number of methoxy groups -OCH3 is 1. The Morgan fingerprint density at radius 1 is 1.58 bits per heavy atom. The predicted molar refractivity (Wildman–Crippen MR) is 44.5 cm³/mol. The fraction of sp³-hybridized carbons (Fsp3) is 0.889. The van der Waals surface area contributed by atoms with Crippen molar-refractivity contribution in [3.8, 4) is 0 Å². The molecule has 70 valence electrons. The molecule has 3 nitrogen and oxygen atoms in total. The van der Waals surface area contributed by atoms with E-state index in [0.717, 1.165) is 12.8 Å². The molecule has 1 unspecified atom stereocenters. The summed E-state index contributed by atoms with van der Waals surface area (Å²) in [6.07, 6.45) is 1.99. The molecule has 0 bridgehead atoms. The molecule has 0 spiro atoms. The summed E-state index contributed by atoms with van der Waals surface area (Å²) < 4.78 is 4.58. The first-order chi connectivity index (χ1) is 5.65. The van der Waals surface area contributed by atoms with Crippen LogP contribution in [0.4, 0.5) is 0 Å². The second-order valence-electron chi connectivity index (χ2n) is 3.54. The second-order valence-corrected chi connectivity index (χ2v) is 3.54. The molecular formula is C9H16O3. The Balaban J connectivity index is 2.38. The molecule has 1 N–H and O–H groups in total. The maximum absolute atomic E-state index is 10.9. The van der Waals surface area contributed by atoms with Gasteiger partial charge in [-0.1, -0.05) is 6.92 Å². The average molecular weight is 172 g/mol. The number of aliphatic hydroxyl groups excluding tert-OH is 1. The van der Waals surface area contributed by atoms with Crippen molar-refractivity contribution in [1.82, 2.24) is 0 Å². The number of rotatable bonds is 2. The number of aliphatic hydroxyl groups is 1. The van der Waals surface area contributed by atoms with Crippen LogP contribution in [0.3, 0.4) is 0 Å². The van der Waals surface area contributed by atoms with Gasteiger partial charge in [-0.2, -0.15) is 0 Å². The number of ether oxygens (including phenoxy) is 1. The minimum absolute atomic E-state index is 0.166. The first-order valence-corrected chi connectivity index (χ1v) is 4.40. The van der Waals surface area contributed by atoms with Gasteiger partial charge in [0.2, 0.25) is 0 Å². The number of carbonyl (C=O) groups excluding carboxylic acids is 1. The summed E-state index contributed by atoms with van der Waals surface area (Å²) in [5.74, 6) is 0.387. The smallest absolute Gasteiger partial charge is 0.305 e. The normalized spacial score (nSPS) is 35.1. The first kappa shape index (κ1) is 9.52. The largest absolute Gasteiger partial charge is 0.469 e. The van der Waals surface area contributed by atoms with Crippen LogP contribution in [0, 0.1) is 11.8 Å². The highest BCUT2D eigenvalue weighted by Crippen LogP contribution is 2.33. The highest BCUT2D eigenvalue weighted by atomic mass is 16.5. The molecule has 1 aliphatic rings. The van der Waals surface area contributed by atoms with Crippen molar-refractivity contribution in [2.75, 3.05) is 7.11 Å². The van der Waals surface area contributed by atoms with Crippen molar-refractivity contribution < 1.29 is 14.6 Å². The van der Waals surface area contributed by atoms with E-state index < -0.39 is 0 Å². The standard InChI is InChI=1S/C9H16O3/c1-6-7(3-4-8(6)10)5-9(11)12-2/h6-8,10H,3-5H2,1-2H3/t6-,7?,8+/m0/s1. The Hall–Kier alpha value is -0.570. The van der Waals surface area contributed by atoms with E-state index >= 15 is 0 Å². The summed E-state index contributed by atoms with van der Waals surface area (Å²) in [6, 6.07) is 0. The SMILES string of the molecule is COC(=O)CC1CC[C@@H](O)[C@H]1C. The zero-order valence-corrected chi connectivity index (χ0v) is 7.62. The van der Waals surface area contributed by atoms with Gasteiger partial charge in [0.15, 0.2) is 0 Å². The van der Waals surface area contributed by atoms with E-state index in [2.05, 4.69) is 4.74 Å². The van der Waals surface area contributed by atoms with Crippen molar-refractivity contribution in [3.63, 3.8) is 0 Å². The van der Waals surface area contributed by atoms with Crippen LogP contribution < -0.4 is 0 Å². The molecule has 0 heterocycles. The molecule has 1 fully saturated rings. The van der Waals surface area contributed by atoms with Gasteiger partial charge in [0, 0.05) is 6.42 Å². The number of hydrogen-bond donors (Lipinski definition) is 1. The van der Waals surface area contributed by atoms with Crippen LogP contribution in [0.1, 0.15) is 26.2 Å². The molecule has 3 atom stereocenters. The molecule has 0 saturated heterocycles. The van der Waals surface area contributed by atoms with Gasteiger partial charge in [-0.25, -0.2) is 0 Å². The number of hydrogen-bond acceptors (Lipinski definition) is 3. The lowest BCUT2D eigenvalue weighted by atomic mass is 9.94. The zero-order valence-electron chi connectivity index (χ0n) is 7.62. The van der Waals surface area contributed by atoms with Crippen LogP contribution in [-0.4, -0.2) is 24.3 Å². The lowest BCUT2D eigenvalue weighted by Crippen LogP contribution is -2.18. The quantitative estimate of drug-likeness (QED) is 0.631.